The lowest BCUT2D eigenvalue weighted by molar-refractivity contribution is 0.0844. The summed E-state index contributed by atoms with van der Waals surface area (Å²) in [7, 11) is 0. The van der Waals surface area contributed by atoms with Crippen molar-refractivity contribution in [3.8, 4) is 0 Å². The summed E-state index contributed by atoms with van der Waals surface area (Å²) in [5.74, 6) is -1.28. The molecule has 160 valence electrons. The molecule has 2 N–H and O–H groups in total. The maximum atomic E-state index is 13.5. The maximum Gasteiger partial charge on any atom is 0.272 e. The van der Waals surface area contributed by atoms with Gasteiger partial charge in [0.15, 0.2) is 17.3 Å². The zero-order chi connectivity index (χ0) is 21.3. The maximum absolute atomic E-state index is 13.5. The number of hydrogen-bond donors (Lipinski definition) is 2. The highest BCUT2D eigenvalue weighted by Crippen LogP contribution is 2.27. The minimum Gasteiger partial charge on any atom is -0.381 e. The molecule has 1 fully saturated rings. The Kier molecular flexibility index (Phi) is 5.97. The third-order valence-corrected chi connectivity index (χ3v) is 5.65. The third kappa shape index (κ3) is 4.29. The van der Waals surface area contributed by atoms with Crippen LogP contribution < -0.4 is 10.9 Å². The number of ether oxygens (including phenoxy) is 1. The number of benzene rings is 1. The van der Waals surface area contributed by atoms with Crippen molar-refractivity contribution in [3.05, 3.63) is 69.3 Å². The fourth-order valence-electron chi connectivity index (χ4n) is 3.96. The molecule has 1 saturated heterocycles. The van der Waals surface area contributed by atoms with E-state index in [0.717, 1.165) is 37.8 Å². The summed E-state index contributed by atoms with van der Waals surface area (Å²) < 4.78 is 33.6. The van der Waals surface area contributed by atoms with Crippen LogP contribution in [-0.4, -0.2) is 27.8 Å². The summed E-state index contributed by atoms with van der Waals surface area (Å²) >= 11 is 0. The van der Waals surface area contributed by atoms with E-state index in [9.17, 15) is 13.6 Å². The molecule has 0 spiro atoms. The van der Waals surface area contributed by atoms with Gasteiger partial charge in [0.1, 0.15) is 0 Å². The Morgan fingerprint density at radius 1 is 1.20 bits per heavy atom. The number of halogens is 2. The van der Waals surface area contributed by atoms with Crippen molar-refractivity contribution in [1.29, 1.82) is 0 Å². The number of rotatable bonds is 6. The van der Waals surface area contributed by atoms with Crippen LogP contribution in [0.25, 0.3) is 5.65 Å². The first kappa shape index (κ1) is 20.7. The largest absolute Gasteiger partial charge is 0.381 e. The predicted molar refractivity (Wildman–Crippen MR) is 109 cm³/mol. The number of aromatic amines is 1. The first-order valence-electron chi connectivity index (χ1n) is 10.3. The summed E-state index contributed by atoms with van der Waals surface area (Å²) in [5, 5.41) is 6.52. The molecule has 1 aliphatic rings. The molecule has 6 nitrogen and oxygen atoms in total. The molecule has 1 aromatic carbocycles. The fourth-order valence-corrected chi connectivity index (χ4v) is 3.96. The summed E-state index contributed by atoms with van der Waals surface area (Å²) in [6.45, 7) is 5.82. The number of hydrogen-bond acceptors (Lipinski definition) is 4. The summed E-state index contributed by atoms with van der Waals surface area (Å²) in [4.78, 5) is 17.4. The molecule has 0 saturated carbocycles. The molecule has 3 aromatic rings. The second-order valence-corrected chi connectivity index (χ2v) is 8.16. The molecule has 0 unspecified atom stereocenters. The van der Waals surface area contributed by atoms with Gasteiger partial charge in [-0.2, -0.15) is 0 Å². The molecule has 1 aliphatic heterocycles. The van der Waals surface area contributed by atoms with Gasteiger partial charge in [-0.05, 0) is 36.5 Å². The van der Waals surface area contributed by atoms with Crippen molar-refractivity contribution < 1.29 is 13.5 Å². The van der Waals surface area contributed by atoms with Crippen LogP contribution in [0.4, 0.5) is 8.78 Å². The monoisotopic (exact) mass is 416 g/mol. The van der Waals surface area contributed by atoms with Crippen LogP contribution in [0.2, 0.25) is 0 Å². The highest BCUT2D eigenvalue weighted by atomic mass is 19.2. The fraction of sp³-hybridized carbons (Fsp3) is 0.455. The van der Waals surface area contributed by atoms with E-state index >= 15 is 0 Å². The van der Waals surface area contributed by atoms with Gasteiger partial charge in [-0.25, -0.2) is 18.3 Å². The van der Waals surface area contributed by atoms with E-state index in [1.807, 2.05) is 19.9 Å². The normalized spacial score (nSPS) is 16.4. The van der Waals surface area contributed by atoms with Crippen molar-refractivity contribution in [2.45, 2.75) is 45.2 Å². The number of fused-ring (bicyclic) bond motifs is 1. The van der Waals surface area contributed by atoms with Gasteiger partial charge in [0, 0.05) is 43.5 Å². The predicted octanol–water partition coefficient (Wildman–Crippen LogP) is 3.68. The molecule has 4 rings (SSSR count). The zero-order valence-corrected chi connectivity index (χ0v) is 17.1. The average Bonchev–Trinajstić information content (AvgIpc) is 3.16. The minimum absolute atomic E-state index is 0.138. The lowest BCUT2D eigenvalue weighted by atomic mass is 9.97. The van der Waals surface area contributed by atoms with Gasteiger partial charge >= 0.3 is 0 Å². The van der Waals surface area contributed by atoms with Crippen LogP contribution in [0.15, 0.2) is 35.1 Å². The minimum atomic E-state index is -0.874. The number of nitrogens with one attached hydrogen (secondary N) is 2. The lowest BCUT2D eigenvalue weighted by Gasteiger charge is -2.22. The number of aromatic nitrogens is 3. The first-order chi connectivity index (χ1) is 14.4. The van der Waals surface area contributed by atoms with Crippen LogP contribution in [0.1, 0.15) is 55.6 Å². The van der Waals surface area contributed by atoms with E-state index in [4.69, 9.17) is 9.72 Å². The summed E-state index contributed by atoms with van der Waals surface area (Å²) in [5.41, 5.74) is 2.67. The SMILES string of the molecule is CC(C)[C@@H](NCc1ccc(F)c(F)c1)c1cc(=O)n2[nH]c(C3CCOCC3)cc2n1. The third-order valence-electron chi connectivity index (χ3n) is 5.65. The molecule has 0 radical (unpaired) electrons. The average molecular weight is 416 g/mol. The highest BCUT2D eigenvalue weighted by molar-refractivity contribution is 5.41. The van der Waals surface area contributed by atoms with Crippen LogP contribution in [0.5, 0.6) is 0 Å². The second kappa shape index (κ2) is 8.65. The van der Waals surface area contributed by atoms with Crippen molar-refractivity contribution in [1.82, 2.24) is 19.9 Å². The molecule has 2 aromatic heterocycles. The summed E-state index contributed by atoms with van der Waals surface area (Å²) in [6, 6.07) is 7.09. The van der Waals surface area contributed by atoms with Crippen molar-refractivity contribution >= 4 is 5.65 Å². The van der Waals surface area contributed by atoms with Crippen molar-refractivity contribution in [2.75, 3.05) is 13.2 Å². The Labute approximate surface area is 173 Å². The van der Waals surface area contributed by atoms with E-state index < -0.39 is 11.6 Å². The molecule has 0 amide bonds. The van der Waals surface area contributed by atoms with Gasteiger partial charge in [-0.1, -0.05) is 19.9 Å². The number of H-pyrrole nitrogens is 1. The van der Waals surface area contributed by atoms with E-state index in [-0.39, 0.29) is 17.5 Å². The van der Waals surface area contributed by atoms with E-state index in [0.29, 0.717) is 29.4 Å². The van der Waals surface area contributed by atoms with Gasteiger partial charge < -0.3 is 10.1 Å². The second-order valence-electron chi connectivity index (χ2n) is 8.16. The number of nitrogens with zero attached hydrogens (tertiary/aromatic N) is 2. The zero-order valence-electron chi connectivity index (χ0n) is 17.1. The summed E-state index contributed by atoms with van der Waals surface area (Å²) in [6.07, 6.45) is 1.83. The Morgan fingerprint density at radius 3 is 2.67 bits per heavy atom. The van der Waals surface area contributed by atoms with Gasteiger partial charge in [-0.3, -0.25) is 9.89 Å². The van der Waals surface area contributed by atoms with Crippen molar-refractivity contribution in [2.24, 2.45) is 5.92 Å². The Morgan fingerprint density at radius 2 is 1.97 bits per heavy atom. The molecular weight excluding hydrogens is 390 g/mol. The van der Waals surface area contributed by atoms with Crippen LogP contribution in [0.3, 0.4) is 0 Å². The van der Waals surface area contributed by atoms with Gasteiger partial charge in [0.2, 0.25) is 0 Å². The van der Waals surface area contributed by atoms with E-state index in [1.165, 1.54) is 16.6 Å². The molecule has 0 aliphatic carbocycles. The van der Waals surface area contributed by atoms with Gasteiger partial charge in [0.05, 0.1) is 11.7 Å². The quantitative estimate of drug-likeness (QED) is 0.643. The molecular formula is C22H26F2N4O2. The first-order valence-corrected chi connectivity index (χ1v) is 10.3. The Bertz CT molecular complexity index is 1090. The standard InChI is InChI=1S/C22H26F2N4O2/c1-13(2)22(25-12-14-3-4-16(23)17(24)9-14)19-11-21(29)28-20(26-19)10-18(27-28)15-5-7-30-8-6-15/h3-4,9-11,13,15,22,25,27H,5-8,12H2,1-2H3/t22-/m1/s1. The van der Waals surface area contributed by atoms with Gasteiger partial charge in [0.25, 0.3) is 5.56 Å². The van der Waals surface area contributed by atoms with Crippen LogP contribution >= 0.6 is 0 Å². The Balaban J connectivity index is 1.59. The van der Waals surface area contributed by atoms with Crippen LogP contribution in [0, 0.1) is 17.6 Å². The molecule has 3 heterocycles. The molecule has 1 atom stereocenters. The molecule has 30 heavy (non-hydrogen) atoms. The Hall–Kier alpha value is -2.58. The topological polar surface area (TPSA) is 71.4 Å². The lowest BCUT2D eigenvalue weighted by Crippen LogP contribution is -2.28. The highest BCUT2D eigenvalue weighted by Gasteiger charge is 2.22. The van der Waals surface area contributed by atoms with Gasteiger partial charge in [-0.15, -0.1) is 0 Å². The van der Waals surface area contributed by atoms with E-state index in [2.05, 4.69) is 10.4 Å². The van der Waals surface area contributed by atoms with E-state index in [1.54, 1.807) is 6.07 Å². The van der Waals surface area contributed by atoms with Crippen molar-refractivity contribution in [3.63, 3.8) is 0 Å². The molecule has 0 bridgehead atoms. The smallest absolute Gasteiger partial charge is 0.272 e. The van der Waals surface area contributed by atoms with Crippen LogP contribution in [-0.2, 0) is 11.3 Å². The molecule has 8 heteroatoms.